The van der Waals surface area contributed by atoms with E-state index in [9.17, 15) is 14.7 Å². The van der Waals surface area contributed by atoms with Gasteiger partial charge >= 0.3 is 0 Å². The van der Waals surface area contributed by atoms with E-state index in [2.05, 4.69) is 10.3 Å². The van der Waals surface area contributed by atoms with E-state index in [4.69, 9.17) is 4.74 Å². The van der Waals surface area contributed by atoms with E-state index in [1.807, 2.05) is 44.2 Å². The van der Waals surface area contributed by atoms with Gasteiger partial charge in [-0.3, -0.25) is 19.5 Å². The van der Waals surface area contributed by atoms with Crippen LogP contribution in [0, 0.1) is 11.2 Å². The molecule has 1 aromatic heterocycles. The number of rotatable bonds is 5. The number of nitrogens with zero attached hydrogens (tertiary/aromatic N) is 2. The topological polar surface area (TPSA) is 91.8 Å². The highest BCUT2D eigenvalue weighted by molar-refractivity contribution is 6.11. The molecule has 1 amide bonds. The number of aromatic nitrogens is 1. The third-order valence-corrected chi connectivity index (χ3v) is 7.63. The zero-order valence-corrected chi connectivity index (χ0v) is 23.3. The van der Waals surface area contributed by atoms with Gasteiger partial charge in [0, 0.05) is 35.5 Å². The number of aromatic hydroxyl groups is 1. The molecule has 0 saturated carbocycles. The third-order valence-electron chi connectivity index (χ3n) is 7.63. The Morgan fingerprint density at radius 1 is 1.05 bits per heavy atom. The first kappa shape index (κ1) is 27.2. The number of para-hydroxylation sites is 1. The maximum atomic E-state index is 16.2. The van der Waals surface area contributed by atoms with Crippen molar-refractivity contribution in [3.8, 4) is 11.5 Å². The molecular formula is C34H30FN3O4. The summed E-state index contributed by atoms with van der Waals surface area (Å²) in [5.41, 5.74) is 2.20. The van der Waals surface area contributed by atoms with Crippen molar-refractivity contribution < 1.29 is 23.8 Å². The smallest absolute Gasteiger partial charge is 0.277 e. The molecule has 4 aromatic rings. The predicted octanol–water partition coefficient (Wildman–Crippen LogP) is 6.96. The SMILES string of the molecule is CC1(C)CC(=O)C2=C(C1)Nc1c(O)cccc1N(C(=O)c1ccccn1)C2c1ccc(OCc2ccccc2)cc1F. The number of hydrogen-bond acceptors (Lipinski definition) is 6. The number of phenolic OH excluding ortho intramolecular Hbond substituents is 1. The molecule has 2 aliphatic rings. The van der Waals surface area contributed by atoms with E-state index < -0.39 is 17.8 Å². The minimum Gasteiger partial charge on any atom is -0.506 e. The minimum absolute atomic E-state index is 0.0974. The van der Waals surface area contributed by atoms with Crippen LogP contribution in [0.4, 0.5) is 15.8 Å². The lowest BCUT2D eigenvalue weighted by molar-refractivity contribution is -0.118. The van der Waals surface area contributed by atoms with Crippen molar-refractivity contribution >= 4 is 23.1 Å². The fourth-order valence-corrected chi connectivity index (χ4v) is 5.73. The molecule has 0 spiro atoms. The van der Waals surface area contributed by atoms with Crippen LogP contribution in [0.3, 0.4) is 0 Å². The van der Waals surface area contributed by atoms with Crippen LogP contribution in [0.1, 0.15) is 54.3 Å². The van der Waals surface area contributed by atoms with Crippen molar-refractivity contribution in [1.82, 2.24) is 4.98 Å². The molecule has 42 heavy (non-hydrogen) atoms. The number of benzene rings is 3. The Kier molecular flexibility index (Phi) is 6.98. The van der Waals surface area contributed by atoms with Gasteiger partial charge in [-0.15, -0.1) is 0 Å². The average Bonchev–Trinajstić information content (AvgIpc) is 3.11. The van der Waals surface area contributed by atoms with Crippen LogP contribution in [-0.4, -0.2) is 21.8 Å². The number of phenols is 1. The number of Topliss-reactive ketones (excluding diaryl/α,β-unsaturated/α-hetero) is 1. The van der Waals surface area contributed by atoms with Crippen molar-refractivity contribution in [3.05, 3.63) is 125 Å². The Morgan fingerprint density at radius 3 is 2.57 bits per heavy atom. The number of nitrogens with one attached hydrogen (secondary N) is 1. The summed E-state index contributed by atoms with van der Waals surface area (Å²) in [6, 6.07) is 22.6. The zero-order valence-electron chi connectivity index (χ0n) is 23.3. The van der Waals surface area contributed by atoms with Crippen molar-refractivity contribution in [2.24, 2.45) is 5.41 Å². The Morgan fingerprint density at radius 2 is 1.83 bits per heavy atom. The van der Waals surface area contributed by atoms with Crippen LogP contribution in [0.2, 0.25) is 0 Å². The average molecular weight is 564 g/mol. The van der Waals surface area contributed by atoms with E-state index in [1.165, 1.54) is 23.2 Å². The molecular weight excluding hydrogens is 533 g/mol. The maximum Gasteiger partial charge on any atom is 0.277 e. The highest BCUT2D eigenvalue weighted by Gasteiger charge is 2.45. The largest absolute Gasteiger partial charge is 0.506 e. The van der Waals surface area contributed by atoms with Gasteiger partial charge in [0.25, 0.3) is 5.91 Å². The number of halogens is 1. The summed E-state index contributed by atoms with van der Waals surface area (Å²) in [6.45, 7) is 4.23. The first-order chi connectivity index (χ1) is 20.2. The van der Waals surface area contributed by atoms with Crippen LogP contribution in [-0.2, 0) is 11.4 Å². The summed E-state index contributed by atoms with van der Waals surface area (Å²) in [5.74, 6) is -1.15. The lowest BCUT2D eigenvalue weighted by atomic mass is 9.73. The number of pyridine rings is 1. The van der Waals surface area contributed by atoms with Gasteiger partial charge in [-0.25, -0.2) is 4.39 Å². The Labute approximate surface area is 243 Å². The quantitative estimate of drug-likeness (QED) is 0.255. The van der Waals surface area contributed by atoms with Crippen molar-refractivity contribution in [2.45, 2.75) is 39.3 Å². The van der Waals surface area contributed by atoms with Gasteiger partial charge in [0.15, 0.2) is 5.78 Å². The fraction of sp³-hybridized carbons (Fsp3) is 0.206. The van der Waals surface area contributed by atoms with Gasteiger partial charge in [-0.05, 0) is 53.8 Å². The number of carbonyl (C=O) groups excluding carboxylic acids is 2. The minimum atomic E-state index is -1.13. The normalized spacial score (nSPS) is 17.5. The molecule has 2 heterocycles. The summed E-state index contributed by atoms with van der Waals surface area (Å²) in [7, 11) is 0. The molecule has 0 radical (unpaired) electrons. The van der Waals surface area contributed by atoms with Gasteiger partial charge in [-0.1, -0.05) is 56.3 Å². The summed E-state index contributed by atoms with van der Waals surface area (Å²) >= 11 is 0. The second-order valence-electron chi connectivity index (χ2n) is 11.4. The molecule has 1 unspecified atom stereocenters. The number of amides is 1. The molecule has 212 valence electrons. The maximum absolute atomic E-state index is 16.2. The van der Waals surface area contributed by atoms with E-state index in [0.29, 0.717) is 23.6 Å². The summed E-state index contributed by atoms with van der Waals surface area (Å²) in [4.78, 5) is 33.7. The Hall–Kier alpha value is -4.98. The number of ketones is 1. The molecule has 2 N–H and O–H groups in total. The molecule has 1 atom stereocenters. The first-order valence-corrected chi connectivity index (χ1v) is 13.8. The molecule has 8 heteroatoms. The summed E-state index contributed by atoms with van der Waals surface area (Å²) in [5, 5.41) is 14.2. The van der Waals surface area contributed by atoms with E-state index >= 15 is 4.39 Å². The summed E-state index contributed by atoms with van der Waals surface area (Å²) in [6.07, 6.45) is 2.18. The number of fused-ring (bicyclic) bond motifs is 1. The molecule has 0 saturated heterocycles. The van der Waals surface area contributed by atoms with Gasteiger partial charge in [-0.2, -0.15) is 0 Å². The second-order valence-corrected chi connectivity index (χ2v) is 11.4. The fourth-order valence-electron chi connectivity index (χ4n) is 5.73. The summed E-state index contributed by atoms with van der Waals surface area (Å²) < 4.78 is 22.0. The van der Waals surface area contributed by atoms with Crippen molar-refractivity contribution in [2.75, 3.05) is 10.2 Å². The lowest BCUT2D eigenvalue weighted by Gasteiger charge is -2.37. The molecule has 3 aromatic carbocycles. The number of anilines is 2. The molecule has 7 nitrogen and oxygen atoms in total. The molecule has 1 aliphatic carbocycles. The van der Waals surface area contributed by atoms with E-state index in [-0.39, 0.29) is 52.5 Å². The molecule has 0 fully saturated rings. The highest BCUT2D eigenvalue weighted by Crippen LogP contribution is 2.51. The van der Waals surface area contributed by atoms with Gasteiger partial charge in [0.05, 0.1) is 11.7 Å². The van der Waals surface area contributed by atoms with Crippen molar-refractivity contribution in [1.29, 1.82) is 0 Å². The van der Waals surface area contributed by atoms with Crippen LogP contribution in [0.5, 0.6) is 11.5 Å². The molecule has 1 aliphatic heterocycles. The van der Waals surface area contributed by atoms with Crippen LogP contribution in [0.25, 0.3) is 0 Å². The Balaban J connectivity index is 1.52. The van der Waals surface area contributed by atoms with E-state index in [0.717, 1.165) is 5.56 Å². The Bertz CT molecular complexity index is 1700. The van der Waals surface area contributed by atoms with Gasteiger partial charge in [0.1, 0.15) is 35.3 Å². The lowest BCUT2D eigenvalue weighted by Crippen LogP contribution is -2.40. The zero-order chi connectivity index (χ0) is 29.4. The van der Waals surface area contributed by atoms with Crippen LogP contribution < -0.4 is 15.0 Å². The predicted molar refractivity (Wildman–Crippen MR) is 158 cm³/mol. The first-order valence-electron chi connectivity index (χ1n) is 13.8. The molecule has 0 bridgehead atoms. The standard InChI is InChI=1S/C34H30FN3O4/c1-34(2)18-26-30(29(40)19-34)32(23-15-14-22(17-24(23)35)42-20-21-9-4-3-5-10-21)38(33(41)25-11-6-7-16-36-25)27-12-8-13-28(39)31(27)37-26/h3-17,32,37,39H,18-20H2,1-2H3. The number of carbonyl (C=O) groups is 2. The van der Waals surface area contributed by atoms with Crippen LogP contribution >= 0.6 is 0 Å². The van der Waals surface area contributed by atoms with Crippen molar-refractivity contribution in [3.63, 3.8) is 0 Å². The van der Waals surface area contributed by atoms with E-state index in [1.54, 1.807) is 42.5 Å². The van der Waals surface area contributed by atoms with Crippen LogP contribution in [0.15, 0.2) is 102 Å². The number of allylic oxidation sites excluding steroid dienone is 1. The van der Waals surface area contributed by atoms with Gasteiger partial charge < -0.3 is 15.2 Å². The molecule has 6 rings (SSSR count). The number of ether oxygens (including phenoxy) is 1. The second kappa shape index (κ2) is 10.8. The van der Waals surface area contributed by atoms with Gasteiger partial charge in [0.2, 0.25) is 0 Å². The third kappa shape index (κ3) is 5.11. The number of hydrogen-bond donors (Lipinski definition) is 2. The monoisotopic (exact) mass is 563 g/mol. The highest BCUT2D eigenvalue weighted by atomic mass is 19.1.